The molecule has 122 valence electrons. The van der Waals surface area contributed by atoms with Gasteiger partial charge >= 0.3 is 12.1 Å². The monoisotopic (exact) mass is 300 g/mol. The molecular formula is C15H28N2O4. The third kappa shape index (κ3) is 5.91. The molecule has 6 heteroatoms. The van der Waals surface area contributed by atoms with E-state index in [-0.39, 0.29) is 24.7 Å². The van der Waals surface area contributed by atoms with Crippen LogP contribution in [-0.2, 0) is 9.53 Å². The average Bonchev–Trinajstić information content (AvgIpc) is 2.33. The van der Waals surface area contributed by atoms with E-state index in [1.807, 2.05) is 39.5 Å². The molecular weight excluding hydrogens is 272 g/mol. The third-order valence-electron chi connectivity index (χ3n) is 3.50. The van der Waals surface area contributed by atoms with Crippen LogP contribution in [0.25, 0.3) is 0 Å². The van der Waals surface area contributed by atoms with Crippen LogP contribution >= 0.6 is 0 Å². The van der Waals surface area contributed by atoms with Crippen molar-refractivity contribution in [1.29, 1.82) is 0 Å². The van der Waals surface area contributed by atoms with Crippen LogP contribution in [0, 0.1) is 0 Å². The summed E-state index contributed by atoms with van der Waals surface area (Å²) in [6.45, 7) is 10.7. The first-order chi connectivity index (χ1) is 9.60. The van der Waals surface area contributed by atoms with Crippen molar-refractivity contribution in [3.05, 3.63) is 0 Å². The summed E-state index contributed by atoms with van der Waals surface area (Å²) in [7, 11) is 0. The predicted octanol–water partition coefficient (Wildman–Crippen LogP) is 2.18. The van der Waals surface area contributed by atoms with Crippen molar-refractivity contribution in [3.8, 4) is 0 Å². The SMILES string of the molecule is CC(C)N(CC(=O)O)C1CCCN(C(=O)OC(C)(C)C)C1. The summed E-state index contributed by atoms with van der Waals surface area (Å²) in [5, 5.41) is 9.04. The first-order valence-corrected chi connectivity index (χ1v) is 7.55. The zero-order chi connectivity index (χ0) is 16.2. The highest BCUT2D eigenvalue weighted by Gasteiger charge is 2.32. The highest BCUT2D eigenvalue weighted by Crippen LogP contribution is 2.20. The van der Waals surface area contributed by atoms with E-state index in [0.717, 1.165) is 12.8 Å². The molecule has 21 heavy (non-hydrogen) atoms. The third-order valence-corrected chi connectivity index (χ3v) is 3.50. The van der Waals surface area contributed by atoms with E-state index in [0.29, 0.717) is 13.1 Å². The van der Waals surface area contributed by atoms with Crippen molar-refractivity contribution in [3.63, 3.8) is 0 Å². The highest BCUT2D eigenvalue weighted by molar-refractivity contribution is 5.69. The number of carbonyl (C=O) groups excluding carboxylic acids is 1. The Morgan fingerprint density at radius 3 is 2.48 bits per heavy atom. The first kappa shape index (κ1) is 17.8. The lowest BCUT2D eigenvalue weighted by molar-refractivity contribution is -0.139. The molecule has 0 bridgehead atoms. The average molecular weight is 300 g/mol. The molecule has 1 amide bonds. The Bertz CT molecular complexity index is 376. The van der Waals surface area contributed by atoms with Gasteiger partial charge in [0.1, 0.15) is 5.60 Å². The first-order valence-electron chi connectivity index (χ1n) is 7.55. The van der Waals surface area contributed by atoms with Crippen molar-refractivity contribution in [2.75, 3.05) is 19.6 Å². The van der Waals surface area contributed by atoms with Gasteiger partial charge < -0.3 is 14.7 Å². The van der Waals surface area contributed by atoms with Gasteiger partial charge in [-0.25, -0.2) is 4.79 Å². The number of nitrogens with zero attached hydrogens (tertiary/aromatic N) is 2. The van der Waals surface area contributed by atoms with E-state index in [4.69, 9.17) is 9.84 Å². The Kier molecular flexibility index (Phi) is 6.01. The Balaban J connectivity index is 2.69. The summed E-state index contributed by atoms with van der Waals surface area (Å²) >= 11 is 0. The molecule has 0 aromatic rings. The van der Waals surface area contributed by atoms with Crippen molar-refractivity contribution < 1.29 is 19.4 Å². The van der Waals surface area contributed by atoms with Crippen LogP contribution in [0.3, 0.4) is 0 Å². The zero-order valence-electron chi connectivity index (χ0n) is 13.8. The van der Waals surface area contributed by atoms with Gasteiger partial charge in [-0.1, -0.05) is 0 Å². The molecule has 1 aliphatic heterocycles. The van der Waals surface area contributed by atoms with Crippen LogP contribution in [0.2, 0.25) is 0 Å². The summed E-state index contributed by atoms with van der Waals surface area (Å²) in [6.07, 6.45) is 1.46. The second-order valence-corrected chi connectivity index (χ2v) is 6.88. The molecule has 0 aromatic carbocycles. The number of hydrogen-bond donors (Lipinski definition) is 1. The molecule has 1 fully saturated rings. The fourth-order valence-corrected chi connectivity index (χ4v) is 2.61. The fraction of sp³-hybridized carbons (Fsp3) is 0.867. The Morgan fingerprint density at radius 2 is 2.00 bits per heavy atom. The van der Waals surface area contributed by atoms with Gasteiger partial charge in [0, 0.05) is 25.2 Å². The van der Waals surface area contributed by atoms with Crippen LogP contribution in [0.5, 0.6) is 0 Å². The maximum atomic E-state index is 12.1. The minimum absolute atomic E-state index is 0.00446. The van der Waals surface area contributed by atoms with E-state index >= 15 is 0 Å². The molecule has 1 unspecified atom stereocenters. The van der Waals surface area contributed by atoms with Crippen LogP contribution in [-0.4, -0.2) is 64.3 Å². The van der Waals surface area contributed by atoms with Gasteiger partial charge in [-0.15, -0.1) is 0 Å². The van der Waals surface area contributed by atoms with Gasteiger partial charge in [-0.3, -0.25) is 9.69 Å². The van der Waals surface area contributed by atoms with Crippen molar-refractivity contribution in [1.82, 2.24) is 9.80 Å². The summed E-state index contributed by atoms with van der Waals surface area (Å²) in [6, 6.07) is 0.201. The number of ether oxygens (including phenoxy) is 1. The second kappa shape index (κ2) is 7.11. The number of piperidine rings is 1. The number of carboxylic acids is 1. The quantitative estimate of drug-likeness (QED) is 0.861. The van der Waals surface area contributed by atoms with E-state index in [2.05, 4.69) is 0 Å². The standard InChI is InChI=1S/C15H28N2O4/c1-11(2)17(10-13(18)19)12-7-6-8-16(9-12)14(20)21-15(3,4)5/h11-12H,6-10H2,1-5H3,(H,18,19). The van der Waals surface area contributed by atoms with Gasteiger partial charge in [0.2, 0.25) is 0 Å². The van der Waals surface area contributed by atoms with E-state index < -0.39 is 11.6 Å². The molecule has 0 spiro atoms. The molecule has 6 nitrogen and oxygen atoms in total. The minimum Gasteiger partial charge on any atom is -0.480 e. The van der Waals surface area contributed by atoms with E-state index in [1.54, 1.807) is 4.90 Å². The summed E-state index contributed by atoms with van der Waals surface area (Å²) in [4.78, 5) is 26.8. The lowest BCUT2D eigenvalue weighted by Gasteiger charge is -2.40. The Morgan fingerprint density at radius 1 is 1.38 bits per heavy atom. The lowest BCUT2D eigenvalue weighted by atomic mass is 10.0. The number of carbonyl (C=O) groups is 2. The minimum atomic E-state index is -0.835. The number of carboxylic acid groups (broad SMARTS) is 1. The molecule has 1 heterocycles. The lowest BCUT2D eigenvalue weighted by Crippen LogP contribution is -2.53. The smallest absolute Gasteiger partial charge is 0.410 e. The Hall–Kier alpha value is -1.30. The normalized spacial score (nSPS) is 20.0. The zero-order valence-corrected chi connectivity index (χ0v) is 13.8. The van der Waals surface area contributed by atoms with Crippen LogP contribution < -0.4 is 0 Å². The molecule has 0 saturated carbocycles. The molecule has 0 radical (unpaired) electrons. The molecule has 1 saturated heterocycles. The number of aliphatic carboxylic acids is 1. The topological polar surface area (TPSA) is 70.1 Å². The Labute approximate surface area is 127 Å². The van der Waals surface area contributed by atoms with Crippen LogP contribution in [0.1, 0.15) is 47.5 Å². The van der Waals surface area contributed by atoms with Gasteiger partial charge in [0.15, 0.2) is 0 Å². The number of rotatable bonds is 4. The summed E-state index contributed by atoms with van der Waals surface area (Å²) < 4.78 is 5.40. The predicted molar refractivity (Wildman–Crippen MR) is 80.3 cm³/mol. The van der Waals surface area contributed by atoms with Crippen molar-refractivity contribution >= 4 is 12.1 Å². The number of amides is 1. The van der Waals surface area contributed by atoms with Crippen molar-refractivity contribution in [2.45, 2.75) is 65.1 Å². The molecule has 1 N–H and O–H groups in total. The van der Waals surface area contributed by atoms with Gasteiger partial charge in [0.05, 0.1) is 6.54 Å². The van der Waals surface area contributed by atoms with E-state index in [1.165, 1.54) is 0 Å². The summed E-state index contributed by atoms with van der Waals surface area (Å²) in [5.41, 5.74) is -0.511. The second-order valence-electron chi connectivity index (χ2n) is 6.88. The maximum Gasteiger partial charge on any atom is 0.410 e. The van der Waals surface area contributed by atoms with Gasteiger partial charge in [-0.2, -0.15) is 0 Å². The van der Waals surface area contributed by atoms with E-state index in [9.17, 15) is 9.59 Å². The van der Waals surface area contributed by atoms with Crippen LogP contribution in [0.4, 0.5) is 4.79 Å². The molecule has 0 aromatic heterocycles. The molecule has 1 rings (SSSR count). The molecule has 0 aliphatic carbocycles. The maximum absolute atomic E-state index is 12.1. The van der Waals surface area contributed by atoms with Crippen molar-refractivity contribution in [2.24, 2.45) is 0 Å². The molecule has 1 aliphatic rings. The molecule has 1 atom stereocenters. The fourth-order valence-electron chi connectivity index (χ4n) is 2.61. The van der Waals surface area contributed by atoms with Gasteiger partial charge in [-0.05, 0) is 47.5 Å². The number of hydrogen-bond acceptors (Lipinski definition) is 4. The largest absolute Gasteiger partial charge is 0.480 e. The summed E-state index contributed by atoms with van der Waals surface area (Å²) in [5.74, 6) is -0.835. The van der Waals surface area contributed by atoms with Crippen LogP contribution in [0.15, 0.2) is 0 Å². The number of likely N-dealkylation sites (tertiary alicyclic amines) is 1. The van der Waals surface area contributed by atoms with Gasteiger partial charge in [0.25, 0.3) is 0 Å². The highest BCUT2D eigenvalue weighted by atomic mass is 16.6.